The van der Waals surface area contributed by atoms with Crippen molar-refractivity contribution in [2.75, 3.05) is 39.6 Å². The smallest absolute Gasteiger partial charge is 0.462 e. The molecule has 0 saturated heterocycles. The minimum absolute atomic E-state index is 0.0936. The van der Waals surface area contributed by atoms with Crippen LogP contribution in [-0.4, -0.2) is 96.7 Å². The number of carbonyl (C=O) groups is 4. The molecule has 0 aromatic heterocycles. The van der Waals surface area contributed by atoms with Crippen LogP contribution in [-0.2, 0) is 65.4 Å². The summed E-state index contributed by atoms with van der Waals surface area (Å²) in [7, 11) is -9.94. The summed E-state index contributed by atoms with van der Waals surface area (Å²) in [6.07, 6.45) is 70.6. The Morgan fingerprint density at radius 3 is 0.816 bits per heavy atom. The third-order valence-electron chi connectivity index (χ3n) is 17.0. The maximum atomic E-state index is 13.1. The second kappa shape index (κ2) is 72.1. The van der Waals surface area contributed by atoms with Crippen LogP contribution < -0.4 is 0 Å². The zero-order valence-electron chi connectivity index (χ0n) is 62.5. The van der Waals surface area contributed by atoms with Crippen LogP contribution in [0, 0.1) is 0 Å². The molecular weight excluding hydrogens is 1280 g/mol. The third kappa shape index (κ3) is 71.2. The Balaban J connectivity index is 5.31. The van der Waals surface area contributed by atoms with Crippen molar-refractivity contribution >= 4 is 39.5 Å². The topological polar surface area (TPSA) is 237 Å². The van der Waals surface area contributed by atoms with Crippen LogP contribution in [0.2, 0.25) is 0 Å². The van der Waals surface area contributed by atoms with Crippen molar-refractivity contribution in [1.82, 2.24) is 0 Å². The number of phosphoric ester groups is 2. The van der Waals surface area contributed by atoms with Gasteiger partial charge in [-0.2, -0.15) is 0 Å². The molecule has 0 rings (SSSR count). The summed E-state index contributed by atoms with van der Waals surface area (Å²) in [5.41, 5.74) is 0. The van der Waals surface area contributed by atoms with Crippen molar-refractivity contribution < 1.29 is 80.2 Å². The van der Waals surface area contributed by atoms with E-state index in [1.807, 2.05) is 0 Å². The van der Waals surface area contributed by atoms with Crippen molar-refractivity contribution in [1.29, 1.82) is 0 Å². The summed E-state index contributed by atoms with van der Waals surface area (Å²) in [6, 6.07) is 0. The molecule has 0 aliphatic heterocycles. The predicted octanol–water partition coefficient (Wildman–Crippen LogP) is 22.7. The zero-order chi connectivity index (χ0) is 71.8. The Morgan fingerprint density at radius 2 is 0.531 bits per heavy atom. The maximum absolute atomic E-state index is 13.1. The molecule has 0 heterocycles. The summed E-state index contributed by atoms with van der Waals surface area (Å²) in [4.78, 5) is 72.9. The number of hydrogen-bond acceptors (Lipinski definition) is 15. The second-order valence-electron chi connectivity index (χ2n) is 26.6. The molecule has 0 amide bonds. The van der Waals surface area contributed by atoms with Crippen LogP contribution in [0.4, 0.5) is 0 Å². The van der Waals surface area contributed by atoms with Crippen LogP contribution >= 0.6 is 15.6 Å². The fourth-order valence-corrected chi connectivity index (χ4v) is 12.6. The Hall–Kier alpha value is -3.24. The molecule has 98 heavy (non-hydrogen) atoms. The van der Waals surface area contributed by atoms with E-state index >= 15 is 0 Å². The average Bonchev–Trinajstić information content (AvgIpc) is 0.966. The van der Waals surface area contributed by atoms with Crippen molar-refractivity contribution in [3.63, 3.8) is 0 Å². The van der Waals surface area contributed by atoms with E-state index in [0.717, 1.165) is 122 Å². The lowest BCUT2D eigenvalue weighted by atomic mass is 10.0. The average molecular weight is 1430 g/mol. The normalized spacial score (nSPS) is 14.2. The van der Waals surface area contributed by atoms with E-state index in [4.69, 9.17) is 37.0 Å². The van der Waals surface area contributed by atoms with Gasteiger partial charge in [0, 0.05) is 25.7 Å². The monoisotopic (exact) mass is 1430 g/mol. The lowest BCUT2D eigenvalue weighted by Crippen LogP contribution is -2.30. The van der Waals surface area contributed by atoms with E-state index in [9.17, 15) is 43.2 Å². The summed E-state index contributed by atoms with van der Waals surface area (Å²) < 4.78 is 68.5. The van der Waals surface area contributed by atoms with Gasteiger partial charge in [-0.3, -0.25) is 37.3 Å². The summed E-state index contributed by atoms with van der Waals surface area (Å²) >= 11 is 0. The fraction of sp³-hybridized carbons (Fsp3) is 0.823. The van der Waals surface area contributed by atoms with Gasteiger partial charge in [-0.05, 0) is 70.6 Å². The highest BCUT2D eigenvalue weighted by molar-refractivity contribution is 7.47. The Morgan fingerprint density at radius 1 is 0.296 bits per heavy atom. The molecular formula is C79H144O17P2. The molecule has 0 aliphatic carbocycles. The number of hydrogen-bond donors (Lipinski definition) is 3. The lowest BCUT2D eigenvalue weighted by molar-refractivity contribution is -0.161. The standard InChI is InChI=1S/C79H144O17P2/c1-5-9-13-17-21-25-29-33-34-35-36-37-38-42-44-48-52-56-60-64-77(82)90-70-75(96-79(84)66-62-58-54-50-46-41-32-28-24-20-16-12-8-4)72-94-98(87,88)92-68-73(80)67-91-97(85,86)93-71-74(95-78(83)65-61-57-53-49-45-40-31-27-23-19-15-11-7-3)69-89-76(81)63-59-55-51-47-43-39-30-26-22-18-14-10-6-2/h9,13,21,25,33-34,36-37,42,44,73-75,80H,5-8,10-12,14-20,22-24,26-32,35,38-41,43,45-72H2,1-4H3,(H,85,86)(H,87,88)/b13-9-,25-21-,34-33-,37-36-,44-42-. The molecule has 0 radical (unpaired) electrons. The van der Waals surface area contributed by atoms with Gasteiger partial charge in [-0.15, -0.1) is 0 Å². The van der Waals surface area contributed by atoms with Gasteiger partial charge in [-0.1, -0.05) is 326 Å². The van der Waals surface area contributed by atoms with E-state index in [0.29, 0.717) is 25.7 Å². The quantitative estimate of drug-likeness (QED) is 0.0169. The first-order valence-corrected chi connectivity index (χ1v) is 42.5. The van der Waals surface area contributed by atoms with Gasteiger partial charge < -0.3 is 33.8 Å². The van der Waals surface area contributed by atoms with Gasteiger partial charge in [0.05, 0.1) is 26.4 Å². The number of unbranched alkanes of at least 4 members (excludes halogenated alkanes) is 39. The molecule has 0 aromatic rings. The van der Waals surface area contributed by atoms with Gasteiger partial charge >= 0.3 is 39.5 Å². The number of allylic oxidation sites excluding steroid dienone is 10. The van der Waals surface area contributed by atoms with Crippen LogP contribution in [0.5, 0.6) is 0 Å². The highest BCUT2D eigenvalue weighted by Gasteiger charge is 2.30. The first-order valence-electron chi connectivity index (χ1n) is 39.5. The van der Waals surface area contributed by atoms with Gasteiger partial charge in [0.25, 0.3) is 0 Å². The van der Waals surface area contributed by atoms with Crippen molar-refractivity contribution in [3.05, 3.63) is 60.8 Å². The SMILES string of the molecule is CC/C=C\C/C=C\C/C=C\C/C=C\C/C=C\CCCCCC(=O)OCC(COP(=O)(O)OCC(O)COP(=O)(O)OCC(COC(=O)CCCCCCCCCCCCCCC)OC(=O)CCCCCCCCCCCCCCC)OC(=O)CCCCCCCCCCCCCCC. The van der Waals surface area contributed by atoms with E-state index in [2.05, 4.69) is 88.5 Å². The molecule has 0 saturated carbocycles. The molecule has 5 atom stereocenters. The summed E-state index contributed by atoms with van der Waals surface area (Å²) in [5, 5.41) is 10.6. The Labute approximate surface area is 597 Å². The minimum Gasteiger partial charge on any atom is -0.462 e. The van der Waals surface area contributed by atoms with Gasteiger partial charge in [-0.25, -0.2) is 9.13 Å². The largest absolute Gasteiger partial charge is 0.472 e. The Bertz CT molecular complexity index is 2100. The molecule has 0 spiro atoms. The highest BCUT2D eigenvalue weighted by Crippen LogP contribution is 2.45. The lowest BCUT2D eigenvalue weighted by Gasteiger charge is -2.21. The molecule has 0 aromatic carbocycles. The molecule has 572 valence electrons. The molecule has 5 unspecified atom stereocenters. The van der Waals surface area contributed by atoms with Crippen LogP contribution in [0.1, 0.15) is 362 Å². The van der Waals surface area contributed by atoms with E-state index in [1.54, 1.807) is 0 Å². The zero-order valence-corrected chi connectivity index (χ0v) is 64.3. The molecule has 0 aliphatic rings. The minimum atomic E-state index is -4.97. The predicted molar refractivity (Wildman–Crippen MR) is 400 cm³/mol. The van der Waals surface area contributed by atoms with Crippen molar-refractivity contribution in [2.24, 2.45) is 0 Å². The van der Waals surface area contributed by atoms with Crippen molar-refractivity contribution in [2.45, 2.75) is 380 Å². The van der Waals surface area contributed by atoms with E-state index < -0.39 is 97.5 Å². The molecule has 0 bridgehead atoms. The molecule has 3 N–H and O–H groups in total. The first-order chi connectivity index (χ1) is 47.7. The summed E-state index contributed by atoms with van der Waals surface area (Å²) in [6.45, 7) is 4.80. The number of ether oxygens (including phenoxy) is 4. The van der Waals surface area contributed by atoms with Crippen LogP contribution in [0.3, 0.4) is 0 Å². The highest BCUT2D eigenvalue weighted by atomic mass is 31.2. The number of rotatable bonds is 75. The molecule has 0 fully saturated rings. The summed E-state index contributed by atoms with van der Waals surface area (Å²) in [5.74, 6) is -2.17. The van der Waals surface area contributed by atoms with Crippen molar-refractivity contribution in [3.8, 4) is 0 Å². The van der Waals surface area contributed by atoms with E-state index in [-0.39, 0.29) is 25.7 Å². The third-order valence-corrected chi connectivity index (χ3v) is 18.9. The van der Waals surface area contributed by atoms with Gasteiger partial charge in [0.15, 0.2) is 12.2 Å². The van der Waals surface area contributed by atoms with Crippen LogP contribution in [0.25, 0.3) is 0 Å². The Kier molecular flexibility index (Phi) is 69.7. The molecule has 17 nitrogen and oxygen atoms in total. The van der Waals surface area contributed by atoms with Gasteiger partial charge in [0.1, 0.15) is 19.3 Å². The van der Waals surface area contributed by atoms with Crippen LogP contribution in [0.15, 0.2) is 60.8 Å². The van der Waals surface area contributed by atoms with E-state index in [1.165, 1.54) is 161 Å². The maximum Gasteiger partial charge on any atom is 0.472 e. The number of phosphoric acid groups is 2. The van der Waals surface area contributed by atoms with Gasteiger partial charge in [0.2, 0.25) is 0 Å². The number of aliphatic hydroxyl groups excluding tert-OH is 1. The second-order valence-corrected chi connectivity index (χ2v) is 29.6. The fourth-order valence-electron chi connectivity index (χ4n) is 11.0. The molecule has 19 heteroatoms. The first kappa shape index (κ1) is 94.8. The number of carbonyl (C=O) groups excluding carboxylic acids is 4. The number of esters is 4. The number of aliphatic hydroxyl groups is 1.